The molecule has 0 amide bonds. The van der Waals surface area contributed by atoms with Crippen LogP contribution in [0, 0.1) is 0 Å². The van der Waals surface area contributed by atoms with E-state index in [1.54, 1.807) is 0 Å². The Kier molecular flexibility index (Phi) is 14.0. The molecule has 0 bridgehead atoms. The summed E-state index contributed by atoms with van der Waals surface area (Å²) in [7, 11) is 0. The Morgan fingerprint density at radius 1 is 0.450 bits per heavy atom. The monoisotopic (exact) mass is 294 g/mol. The molecular weight excluding hydrogens is 260 g/mol. The van der Waals surface area contributed by atoms with E-state index in [2.05, 4.69) is 0 Å². The van der Waals surface area contributed by atoms with Crippen molar-refractivity contribution in [2.24, 2.45) is 0 Å². The van der Waals surface area contributed by atoms with Gasteiger partial charge in [-0.05, 0) is 55.4 Å². The lowest BCUT2D eigenvalue weighted by Gasteiger charge is -2.23. The first-order valence-electron chi connectivity index (χ1n) is 6.63. The third-order valence-electron chi connectivity index (χ3n) is 1.54. The normalized spacial score (nSPS) is 10.0. The van der Waals surface area contributed by atoms with E-state index in [9.17, 15) is 0 Å². The summed E-state index contributed by atoms with van der Waals surface area (Å²) < 4.78 is 22.5. The third kappa shape index (κ3) is 11.9. The minimum absolute atomic E-state index is 0. The summed E-state index contributed by atoms with van der Waals surface area (Å²) in [6.07, 6.45) is 0.00102. The Morgan fingerprint density at radius 3 is 0.700 bits per heavy atom. The van der Waals surface area contributed by atoms with Gasteiger partial charge < -0.3 is 31.2 Å². The van der Waals surface area contributed by atoms with Crippen LogP contribution >= 0.6 is 0 Å². The van der Waals surface area contributed by atoms with E-state index >= 15 is 0 Å². The van der Waals surface area contributed by atoms with Crippen LogP contribution in [0.5, 0.6) is 0 Å². The molecule has 0 aliphatic rings. The predicted molar refractivity (Wildman–Crippen MR) is 82.0 cm³/mol. The Morgan fingerprint density at radius 2 is 0.600 bits per heavy atom. The third-order valence-corrected chi connectivity index (χ3v) is 1.54. The number of rotatable bonds is 8. The summed E-state index contributed by atoms with van der Waals surface area (Å²) in [5.74, 6) is 0.643. The summed E-state index contributed by atoms with van der Waals surface area (Å²) in [6, 6.07) is 0. The van der Waals surface area contributed by atoms with E-state index in [0.29, 0.717) is 11.9 Å². The van der Waals surface area contributed by atoms with E-state index in [4.69, 9.17) is 18.9 Å². The molecule has 6 N–H and O–H groups in total. The van der Waals surface area contributed by atoms with Gasteiger partial charge in [0.1, 0.15) is 0 Å². The molecule has 0 atom stereocenters. The largest absolute Gasteiger partial charge is 0.458 e. The van der Waals surface area contributed by atoms with Gasteiger partial charge in [-0.15, -0.1) is 0 Å². The lowest BCUT2D eigenvalue weighted by atomic mass is 10.4. The highest BCUT2D eigenvalue weighted by Gasteiger charge is 2.19. The second-order valence-electron chi connectivity index (χ2n) is 5.24. The molecule has 0 radical (unpaired) electrons. The number of hydrogen-bond donors (Lipinski definition) is 2. The Hall–Kier alpha value is -1.14. The second-order valence-corrected chi connectivity index (χ2v) is 5.24. The van der Waals surface area contributed by atoms with Gasteiger partial charge in [-0.3, -0.25) is 0 Å². The molecule has 0 unspecified atom stereocenters. The van der Waals surface area contributed by atoms with Crippen molar-refractivity contribution in [3.05, 3.63) is 11.9 Å². The molecule has 6 heteroatoms. The van der Waals surface area contributed by atoms with Crippen LogP contribution in [0.2, 0.25) is 0 Å². The predicted octanol–water partition coefficient (Wildman–Crippen LogP) is 4.14. The van der Waals surface area contributed by atoms with Crippen LogP contribution in [0.3, 0.4) is 0 Å². The van der Waals surface area contributed by atoms with Crippen molar-refractivity contribution >= 4 is 0 Å². The van der Waals surface area contributed by atoms with E-state index in [0.717, 1.165) is 0 Å². The lowest BCUT2D eigenvalue weighted by Crippen LogP contribution is -2.18. The average Bonchev–Trinajstić information content (AvgIpc) is 2.12. The number of hydrogen-bond acceptors (Lipinski definition) is 6. The fraction of sp³-hybridized carbons (Fsp3) is 0.857. The van der Waals surface area contributed by atoms with Gasteiger partial charge in [-0.25, -0.2) is 0 Å². The summed E-state index contributed by atoms with van der Waals surface area (Å²) in [6.45, 7) is 15.5. The van der Waals surface area contributed by atoms with E-state index < -0.39 is 0 Å². The van der Waals surface area contributed by atoms with Crippen LogP contribution in [0.4, 0.5) is 0 Å². The zero-order chi connectivity index (χ0) is 14.3. The van der Waals surface area contributed by atoms with Crippen molar-refractivity contribution in [1.82, 2.24) is 12.3 Å². The molecular formula is C14H34N2O4. The smallest absolute Gasteiger partial charge is 0.364 e. The average molecular weight is 294 g/mol. The van der Waals surface area contributed by atoms with Gasteiger partial charge in [0.25, 0.3) is 0 Å². The van der Waals surface area contributed by atoms with E-state index in [1.807, 2.05) is 55.4 Å². The Bertz CT molecular complexity index is 214. The van der Waals surface area contributed by atoms with Crippen molar-refractivity contribution in [2.45, 2.75) is 79.8 Å². The van der Waals surface area contributed by atoms with Gasteiger partial charge in [-0.2, -0.15) is 0 Å². The lowest BCUT2D eigenvalue weighted by molar-refractivity contribution is -0.0914. The maximum absolute atomic E-state index is 5.63. The van der Waals surface area contributed by atoms with Crippen LogP contribution in [0.1, 0.15) is 55.4 Å². The van der Waals surface area contributed by atoms with Crippen molar-refractivity contribution in [1.29, 1.82) is 0 Å². The first-order chi connectivity index (χ1) is 8.22. The number of ether oxygens (including phenoxy) is 4. The molecule has 0 saturated heterocycles. The van der Waals surface area contributed by atoms with Crippen molar-refractivity contribution in [3.8, 4) is 0 Å². The van der Waals surface area contributed by atoms with E-state index in [-0.39, 0.29) is 36.7 Å². The molecule has 0 saturated carbocycles. The highest BCUT2D eigenvalue weighted by atomic mass is 16.7. The first kappa shape index (κ1) is 23.9. The van der Waals surface area contributed by atoms with Gasteiger partial charge in [-0.1, -0.05) is 0 Å². The van der Waals surface area contributed by atoms with Crippen LogP contribution < -0.4 is 12.3 Å². The van der Waals surface area contributed by atoms with E-state index in [1.165, 1.54) is 0 Å². The van der Waals surface area contributed by atoms with Gasteiger partial charge in [0.05, 0.1) is 24.4 Å². The summed E-state index contributed by atoms with van der Waals surface area (Å²) in [4.78, 5) is 0. The van der Waals surface area contributed by atoms with Crippen LogP contribution in [0.15, 0.2) is 11.9 Å². The minimum atomic E-state index is 0. The molecule has 0 aromatic heterocycles. The van der Waals surface area contributed by atoms with Crippen LogP contribution in [-0.2, 0) is 18.9 Å². The van der Waals surface area contributed by atoms with Gasteiger partial charge in [0, 0.05) is 0 Å². The van der Waals surface area contributed by atoms with Gasteiger partial charge >= 0.3 is 11.9 Å². The molecule has 0 rings (SSSR count). The SMILES string of the molecule is CC(C)OC(OC(C)C)=C(OC(C)C)OC(C)C.N.N. The molecule has 0 aromatic rings. The first-order valence-corrected chi connectivity index (χ1v) is 6.63. The zero-order valence-corrected chi connectivity index (χ0v) is 14.4. The molecule has 124 valence electrons. The van der Waals surface area contributed by atoms with Gasteiger partial charge in [0.15, 0.2) is 0 Å². The quantitative estimate of drug-likeness (QED) is 0.651. The fourth-order valence-electron chi connectivity index (χ4n) is 1.10. The van der Waals surface area contributed by atoms with Crippen molar-refractivity contribution in [2.75, 3.05) is 0 Å². The van der Waals surface area contributed by atoms with Gasteiger partial charge in [0.2, 0.25) is 0 Å². The molecule has 0 fully saturated rings. The highest BCUT2D eigenvalue weighted by molar-refractivity contribution is 4.89. The standard InChI is InChI=1S/C14H28O4.2H3N/c1-9(2)15-13(16-10(3)4)14(17-11(5)6)18-12(7)8;;/h9-12H,1-8H3;2*1H3. The molecule has 0 aromatic carbocycles. The summed E-state index contributed by atoms with van der Waals surface area (Å²) >= 11 is 0. The molecule has 6 nitrogen and oxygen atoms in total. The zero-order valence-electron chi connectivity index (χ0n) is 14.4. The summed E-state index contributed by atoms with van der Waals surface area (Å²) in [5, 5.41) is 0. The molecule has 0 heterocycles. The molecule has 0 spiro atoms. The molecule has 0 aliphatic heterocycles. The van der Waals surface area contributed by atoms with Crippen molar-refractivity contribution < 1.29 is 18.9 Å². The minimum Gasteiger partial charge on any atom is -0.458 e. The topological polar surface area (TPSA) is 107 Å². The maximum atomic E-state index is 5.63. The summed E-state index contributed by atoms with van der Waals surface area (Å²) in [5.41, 5.74) is 0. The second kappa shape index (κ2) is 11.7. The maximum Gasteiger partial charge on any atom is 0.364 e. The van der Waals surface area contributed by atoms with Crippen molar-refractivity contribution in [3.63, 3.8) is 0 Å². The molecule has 0 aliphatic carbocycles. The van der Waals surface area contributed by atoms with Crippen LogP contribution in [-0.4, -0.2) is 24.4 Å². The molecule has 20 heavy (non-hydrogen) atoms. The van der Waals surface area contributed by atoms with Crippen LogP contribution in [0.25, 0.3) is 0 Å². The Labute approximate surface area is 124 Å². The fourth-order valence-corrected chi connectivity index (χ4v) is 1.10. The Balaban J connectivity index is -0.00000144. The highest BCUT2D eigenvalue weighted by Crippen LogP contribution is 2.18.